The number of piperidine rings is 1. The molecule has 0 bridgehead atoms. The SMILES string of the molecule is CC(C)Oc1cc(CN2CCC(Nc3nc4cc(OC(=O)O)ccc4o3)CC2)cc(OC(C)C)c1. The molecule has 3 aromatic rings. The number of rotatable bonds is 9. The average molecular weight is 484 g/mol. The van der Waals surface area contributed by atoms with Gasteiger partial charge in [-0.05, 0) is 70.4 Å². The molecular weight excluding hydrogens is 450 g/mol. The molecule has 9 heteroatoms. The number of carboxylic acid groups (broad SMARTS) is 1. The van der Waals surface area contributed by atoms with E-state index in [1.165, 1.54) is 5.56 Å². The number of hydrogen-bond donors (Lipinski definition) is 2. The summed E-state index contributed by atoms with van der Waals surface area (Å²) in [5.74, 6) is 1.87. The van der Waals surface area contributed by atoms with Crippen LogP contribution >= 0.6 is 0 Å². The third-order valence-corrected chi connectivity index (χ3v) is 5.57. The molecular formula is C26H33N3O6. The van der Waals surface area contributed by atoms with Crippen LogP contribution in [0.1, 0.15) is 46.1 Å². The summed E-state index contributed by atoms with van der Waals surface area (Å²) in [6.07, 6.45) is 0.734. The molecule has 0 unspecified atom stereocenters. The van der Waals surface area contributed by atoms with Crippen LogP contribution in [-0.2, 0) is 6.54 Å². The van der Waals surface area contributed by atoms with Crippen LogP contribution < -0.4 is 19.5 Å². The maximum atomic E-state index is 10.7. The monoisotopic (exact) mass is 483 g/mol. The third kappa shape index (κ3) is 7.02. The summed E-state index contributed by atoms with van der Waals surface area (Å²) in [5, 5.41) is 12.2. The van der Waals surface area contributed by atoms with Crippen LogP contribution in [-0.4, -0.2) is 52.5 Å². The van der Waals surface area contributed by atoms with Crippen molar-refractivity contribution < 1.29 is 28.5 Å². The second-order valence-electron chi connectivity index (χ2n) is 9.36. The number of likely N-dealkylation sites (tertiary alicyclic amines) is 1. The van der Waals surface area contributed by atoms with Crippen LogP contribution in [0.3, 0.4) is 0 Å². The van der Waals surface area contributed by atoms with Gasteiger partial charge in [-0.3, -0.25) is 4.90 Å². The number of carbonyl (C=O) groups is 1. The number of aromatic nitrogens is 1. The Labute approximate surface area is 205 Å². The lowest BCUT2D eigenvalue weighted by Gasteiger charge is -2.32. The zero-order valence-electron chi connectivity index (χ0n) is 20.6. The number of nitrogens with one attached hydrogen (secondary N) is 1. The first kappa shape index (κ1) is 24.7. The van der Waals surface area contributed by atoms with Crippen molar-refractivity contribution in [3.63, 3.8) is 0 Å². The lowest BCUT2D eigenvalue weighted by Crippen LogP contribution is -2.38. The van der Waals surface area contributed by atoms with E-state index in [2.05, 4.69) is 32.1 Å². The second-order valence-corrected chi connectivity index (χ2v) is 9.36. The molecule has 0 radical (unpaired) electrons. The van der Waals surface area contributed by atoms with Gasteiger partial charge in [0.15, 0.2) is 5.58 Å². The van der Waals surface area contributed by atoms with E-state index in [9.17, 15) is 4.79 Å². The van der Waals surface area contributed by atoms with E-state index in [1.807, 2.05) is 33.8 Å². The molecule has 1 aromatic heterocycles. The van der Waals surface area contributed by atoms with Gasteiger partial charge in [0.25, 0.3) is 6.01 Å². The number of oxazole rings is 1. The van der Waals surface area contributed by atoms with Crippen molar-refractivity contribution in [1.29, 1.82) is 0 Å². The van der Waals surface area contributed by atoms with Gasteiger partial charge in [0.05, 0.1) is 12.2 Å². The lowest BCUT2D eigenvalue weighted by molar-refractivity contribution is 0.144. The molecule has 1 aliphatic rings. The van der Waals surface area contributed by atoms with Gasteiger partial charge in [-0.2, -0.15) is 4.98 Å². The van der Waals surface area contributed by atoms with Gasteiger partial charge in [-0.25, -0.2) is 4.79 Å². The molecule has 2 heterocycles. The molecule has 0 saturated carbocycles. The van der Waals surface area contributed by atoms with Gasteiger partial charge in [0, 0.05) is 37.8 Å². The molecule has 0 spiro atoms. The summed E-state index contributed by atoms with van der Waals surface area (Å²) >= 11 is 0. The Bertz CT molecular complexity index is 1120. The van der Waals surface area contributed by atoms with Crippen molar-refractivity contribution in [3.8, 4) is 17.2 Å². The number of fused-ring (bicyclic) bond motifs is 1. The van der Waals surface area contributed by atoms with Gasteiger partial charge in [-0.1, -0.05) is 0 Å². The quantitative estimate of drug-likeness (QED) is 0.300. The fraction of sp³-hybridized carbons (Fsp3) is 0.462. The summed E-state index contributed by atoms with van der Waals surface area (Å²) < 4.78 is 22.3. The smallest absolute Gasteiger partial charge is 0.491 e. The topological polar surface area (TPSA) is 106 Å². The number of anilines is 1. The summed E-state index contributed by atoms with van der Waals surface area (Å²) in [6, 6.07) is 11.6. The summed E-state index contributed by atoms with van der Waals surface area (Å²) in [4.78, 5) is 17.6. The number of ether oxygens (including phenoxy) is 3. The van der Waals surface area contributed by atoms with Crippen LogP contribution in [0.15, 0.2) is 40.8 Å². The lowest BCUT2D eigenvalue weighted by atomic mass is 10.0. The molecule has 2 N–H and O–H groups in total. The van der Waals surface area contributed by atoms with Gasteiger partial charge < -0.3 is 29.1 Å². The molecule has 0 atom stereocenters. The maximum absolute atomic E-state index is 10.7. The van der Waals surface area contributed by atoms with Crippen LogP contribution in [0, 0.1) is 0 Å². The molecule has 1 aliphatic heterocycles. The Kier molecular flexibility index (Phi) is 7.65. The molecule has 35 heavy (non-hydrogen) atoms. The van der Waals surface area contributed by atoms with Crippen LogP contribution in [0.5, 0.6) is 17.2 Å². The Hall–Kier alpha value is -3.46. The summed E-state index contributed by atoms with van der Waals surface area (Å²) in [7, 11) is 0. The van der Waals surface area contributed by atoms with Gasteiger partial charge in [0.1, 0.15) is 22.8 Å². The van der Waals surface area contributed by atoms with Crippen molar-refractivity contribution >= 4 is 23.3 Å². The minimum atomic E-state index is -1.36. The van der Waals surface area contributed by atoms with Crippen LogP contribution in [0.25, 0.3) is 11.1 Å². The maximum Gasteiger partial charge on any atom is 0.511 e. The van der Waals surface area contributed by atoms with Crippen molar-refractivity contribution in [3.05, 3.63) is 42.0 Å². The van der Waals surface area contributed by atoms with E-state index in [0.717, 1.165) is 44.0 Å². The molecule has 0 amide bonds. The fourth-order valence-corrected chi connectivity index (χ4v) is 4.20. The van der Waals surface area contributed by atoms with Crippen molar-refractivity contribution in [1.82, 2.24) is 9.88 Å². The number of hydrogen-bond acceptors (Lipinski definition) is 8. The molecule has 1 fully saturated rings. The van der Waals surface area contributed by atoms with E-state index < -0.39 is 6.16 Å². The molecule has 4 rings (SSSR count). The highest BCUT2D eigenvalue weighted by molar-refractivity contribution is 5.77. The summed E-state index contributed by atoms with van der Waals surface area (Å²) in [6.45, 7) is 10.8. The van der Waals surface area contributed by atoms with Crippen LogP contribution in [0.4, 0.5) is 10.8 Å². The predicted molar refractivity (Wildman–Crippen MR) is 133 cm³/mol. The molecule has 9 nitrogen and oxygen atoms in total. The Balaban J connectivity index is 1.34. The Morgan fingerprint density at radius 2 is 1.71 bits per heavy atom. The van der Waals surface area contributed by atoms with Crippen molar-refractivity contribution in [2.24, 2.45) is 0 Å². The highest BCUT2D eigenvalue weighted by Gasteiger charge is 2.21. The van der Waals surface area contributed by atoms with Gasteiger partial charge in [-0.15, -0.1) is 0 Å². The zero-order valence-corrected chi connectivity index (χ0v) is 20.6. The highest BCUT2D eigenvalue weighted by Crippen LogP contribution is 2.28. The van der Waals surface area contributed by atoms with Crippen molar-refractivity contribution in [2.45, 2.75) is 65.3 Å². The van der Waals surface area contributed by atoms with Gasteiger partial charge in [0.2, 0.25) is 0 Å². The van der Waals surface area contributed by atoms with Gasteiger partial charge >= 0.3 is 6.16 Å². The summed E-state index contributed by atoms with van der Waals surface area (Å²) in [5.41, 5.74) is 2.29. The van der Waals surface area contributed by atoms with E-state index in [4.69, 9.17) is 19.0 Å². The predicted octanol–water partition coefficient (Wildman–Crippen LogP) is 5.54. The van der Waals surface area contributed by atoms with Crippen LogP contribution in [0.2, 0.25) is 0 Å². The first-order chi connectivity index (χ1) is 16.7. The normalized spacial score (nSPS) is 15.0. The fourth-order valence-electron chi connectivity index (χ4n) is 4.20. The van der Waals surface area contributed by atoms with E-state index in [0.29, 0.717) is 17.1 Å². The van der Waals surface area contributed by atoms with Crippen molar-refractivity contribution in [2.75, 3.05) is 18.4 Å². The number of nitrogens with zero attached hydrogens (tertiary/aromatic N) is 2. The molecule has 0 aliphatic carbocycles. The molecule has 1 saturated heterocycles. The first-order valence-electron chi connectivity index (χ1n) is 12.0. The van der Waals surface area contributed by atoms with E-state index in [1.54, 1.807) is 18.2 Å². The molecule has 188 valence electrons. The minimum absolute atomic E-state index is 0.0992. The average Bonchev–Trinajstić information content (AvgIpc) is 3.15. The second kappa shape index (κ2) is 10.9. The zero-order chi connectivity index (χ0) is 24.9. The molecule has 2 aromatic carbocycles. The Morgan fingerprint density at radius 3 is 2.31 bits per heavy atom. The highest BCUT2D eigenvalue weighted by atomic mass is 16.7. The minimum Gasteiger partial charge on any atom is -0.491 e. The first-order valence-corrected chi connectivity index (χ1v) is 12.0. The Morgan fingerprint density at radius 1 is 1.06 bits per heavy atom. The van der Waals surface area contributed by atoms with E-state index >= 15 is 0 Å². The van der Waals surface area contributed by atoms with E-state index in [-0.39, 0.29) is 24.0 Å². The standard InChI is InChI=1S/C26H33N3O6/c1-16(2)32-21-11-18(12-22(13-21)33-17(3)4)15-29-9-7-19(8-10-29)27-25-28-23-14-20(34-26(30)31)5-6-24(23)35-25/h5-6,11-14,16-17,19H,7-10,15H2,1-4H3,(H,27,28)(H,30,31). The largest absolute Gasteiger partial charge is 0.511 e. The third-order valence-electron chi connectivity index (χ3n) is 5.57. The number of benzene rings is 2.